The van der Waals surface area contributed by atoms with Crippen LogP contribution in [0.4, 0.5) is 0 Å². The van der Waals surface area contributed by atoms with E-state index in [4.69, 9.17) is 10.5 Å². The highest BCUT2D eigenvalue weighted by Crippen LogP contribution is 2.32. The van der Waals surface area contributed by atoms with Crippen molar-refractivity contribution in [2.75, 3.05) is 19.7 Å². The quantitative estimate of drug-likeness (QED) is 0.790. The minimum atomic E-state index is -0.656. The van der Waals surface area contributed by atoms with E-state index >= 15 is 0 Å². The lowest BCUT2D eigenvalue weighted by Gasteiger charge is -2.42. The third kappa shape index (κ3) is 3.39. The van der Waals surface area contributed by atoms with E-state index < -0.39 is 5.54 Å². The zero-order valence-corrected chi connectivity index (χ0v) is 12.2. The lowest BCUT2D eigenvalue weighted by molar-refractivity contribution is -0.153. The summed E-state index contributed by atoms with van der Waals surface area (Å²) in [6, 6.07) is 0. The molecule has 1 amide bonds. The summed E-state index contributed by atoms with van der Waals surface area (Å²) >= 11 is 0. The molecule has 1 aliphatic heterocycles. The lowest BCUT2D eigenvalue weighted by Crippen LogP contribution is -2.61. The Balaban J connectivity index is 0.00000180. The van der Waals surface area contributed by atoms with Crippen LogP contribution in [-0.2, 0) is 14.3 Å². The average molecular weight is 291 g/mol. The molecule has 2 aliphatic rings. The molecule has 5 nitrogen and oxygen atoms in total. The van der Waals surface area contributed by atoms with Gasteiger partial charge in [-0.15, -0.1) is 12.4 Å². The molecule has 1 unspecified atom stereocenters. The van der Waals surface area contributed by atoms with Crippen LogP contribution in [0.25, 0.3) is 0 Å². The van der Waals surface area contributed by atoms with Crippen LogP contribution < -0.4 is 5.73 Å². The van der Waals surface area contributed by atoms with Crippen molar-refractivity contribution < 1.29 is 14.3 Å². The Bertz CT molecular complexity index is 345. The number of piperidine rings is 1. The molecule has 0 aromatic heterocycles. The van der Waals surface area contributed by atoms with Gasteiger partial charge >= 0.3 is 5.97 Å². The van der Waals surface area contributed by atoms with Gasteiger partial charge in [-0.2, -0.15) is 0 Å². The van der Waals surface area contributed by atoms with E-state index in [-0.39, 0.29) is 30.2 Å². The second kappa shape index (κ2) is 6.57. The summed E-state index contributed by atoms with van der Waals surface area (Å²) in [5, 5.41) is 0. The molecule has 0 bridgehead atoms. The van der Waals surface area contributed by atoms with Gasteiger partial charge in [0.15, 0.2) is 0 Å². The fraction of sp³-hybridized carbons (Fsp3) is 0.846. The summed E-state index contributed by atoms with van der Waals surface area (Å²) in [5.41, 5.74) is 5.39. The van der Waals surface area contributed by atoms with Gasteiger partial charge in [-0.25, -0.2) is 0 Å². The fourth-order valence-electron chi connectivity index (χ4n) is 2.70. The number of hydrogen-bond acceptors (Lipinski definition) is 4. The second-order valence-electron chi connectivity index (χ2n) is 5.35. The van der Waals surface area contributed by atoms with E-state index in [1.807, 2.05) is 0 Å². The fourth-order valence-corrected chi connectivity index (χ4v) is 2.70. The summed E-state index contributed by atoms with van der Waals surface area (Å²) < 4.78 is 5.03. The van der Waals surface area contributed by atoms with E-state index in [9.17, 15) is 9.59 Å². The van der Waals surface area contributed by atoms with Crippen LogP contribution in [-0.4, -0.2) is 42.0 Å². The van der Waals surface area contributed by atoms with Crippen LogP contribution in [0, 0.1) is 5.92 Å². The molecule has 1 aliphatic carbocycles. The van der Waals surface area contributed by atoms with Crippen molar-refractivity contribution in [1.82, 2.24) is 4.90 Å². The van der Waals surface area contributed by atoms with Gasteiger partial charge in [0, 0.05) is 13.1 Å². The number of halogens is 1. The third-order valence-electron chi connectivity index (χ3n) is 4.00. The van der Waals surface area contributed by atoms with Crippen molar-refractivity contribution in [3.8, 4) is 0 Å². The number of likely N-dealkylation sites (tertiary alicyclic amines) is 1. The Kier molecular flexibility index (Phi) is 5.62. The number of amides is 1. The smallest absolute Gasteiger partial charge is 0.310 e. The van der Waals surface area contributed by atoms with E-state index in [1.165, 1.54) is 0 Å². The van der Waals surface area contributed by atoms with Crippen molar-refractivity contribution in [3.63, 3.8) is 0 Å². The molecule has 2 N–H and O–H groups in total. The zero-order chi connectivity index (χ0) is 13.2. The molecule has 0 radical (unpaired) electrons. The Labute approximate surface area is 120 Å². The van der Waals surface area contributed by atoms with E-state index in [0.717, 1.165) is 32.1 Å². The highest BCUT2D eigenvalue weighted by Gasteiger charge is 2.44. The molecule has 1 saturated heterocycles. The first kappa shape index (κ1) is 16.2. The standard InChI is InChI=1S/C13H22N2O3.ClH/c1-2-18-11(16)10-5-3-8-15(9-10)12(17)13(14)6-4-7-13;/h10H,2-9,14H2,1H3;1H. The van der Waals surface area contributed by atoms with E-state index in [2.05, 4.69) is 0 Å². The third-order valence-corrected chi connectivity index (χ3v) is 4.00. The molecule has 2 fully saturated rings. The molecule has 1 atom stereocenters. The first-order chi connectivity index (χ1) is 8.57. The van der Waals surface area contributed by atoms with Crippen LogP contribution in [0.3, 0.4) is 0 Å². The molecule has 2 rings (SSSR count). The minimum absolute atomic E-state index is 0. The van der Waals surface area contributed by atoms with Crippen LogP contribution in [0.1, 0.15) is 39.0 Å². The van der Waals surface area contributed by atoms with E-state index in [1.54, 1.807) is 11.8 Å². The normalized spacial score (nSPS) is 24.9. The largest absolute Gasteiger partial charge is 0.466 e. The van der Waals surface area contributed by atoms with Gasteiger partial charge in [0.05, 0.1) is 18.1 Å². The first-order valence-electron chi connectivity index (χ1n) is 6.82. The van der Waals surface area contributed by atoms with Gasteiger partial charge < -0.3 is 15.4 Å². The lowest BCUT2D eigenvalue weighted by atomic mass is 9.76. The number of rotatable bonds is 3. The summed E-state index contributed by atoms with van der Waals surface area (Å²) in [4.78, 5) is 25.7. The zero-order valence-electron chi connectivity index (χ0n) is 11.4. The Morgan fingerprint density at radius 3 is 2.58 bits per heavy atom. The highest BCUT2D eigenvalue weighted by atomic mass is 35.5. The molecule has 0 aromatic carbocycles. The number of carbonyl (C=O) groups excluding carboxylic acids is 2. The van der Waals surface area contributed by atoms with Crippen LogP contribution in [0.2, 0.25) is 0 Å². The van der Waals surface area contributed by atoms with Crippen LogP contribution in [0.15, 0.2) is 0 Å². The minimum Gasteiger partial charge on any atom is -0.466 e. The summed E-state index contributed by atoms with van der Waals surface area (Å²) in [6.07, 6.45) is 4.22. The monoisotopic (exact) mass is 290 g/mol. The Hall–Kier alpha value is -0.810. The van der Waals surface area contributed by atoms with Crippen LogP contribution in [0.5, 0.6) is 0 Å². The van der Waals surface area contributed by atoms with Gasteiger partial charge in [-0.05, 0) is 39.0 Å². The van der Waals surface area contributed by atoms with Crippen molar-refractivity contribution in [2.45, 2.75) is 44.6 Å². The summed E-state index contributed by atoms with van der Waals surface area (Å²) in [7, 11) is 0. The van der Waals surface area contributed by atoms with E-state index in [0.29, 0.717) is 19.7 Å². The van der Waals surface area contributed by atoms with Crippen molar-refractivity contribution in [3.05, 3.63) is 0 Å². The highest BCUT2D eigenvalue weighted by molar-refractivity contribution is 5.87. The van der Waals surface area contributed by atoms with Gasteiger partial charge in [0.25, 0.3) is 0 Å². The SMILES string of the molecule is CCOC(=O)C1CCCN(C(=O)C2(N)CCC2)C1.Cl. The van der Waals surface area contributed by atoms with Gasteiger partial charge in [0.1, 0.15) is 0 Å². The van der Waals surface area contributed by atoms with Gasteiger partial charge in [-0.1, -0.05) is 0 Å². The molecule has 110 valence electrons. The Morgan fingerprint density at radius 2 is 2.05 bits per heavy atom. The predicted octanol–water partition coefficient (Wildman–Crippen LogP) is 1.09. The number of carbonyl (C=O) groups is 2. The number of hydrogen-bond donors (Lipinski definition) is 1. The molecule has 1 heterocycles. The topological polar surface area (TPSA) is 72.6 Å². The van der Waals surface area contributed by atoms with Crippen molar-refractivity contribution in [2.24, 2.45) is 11.7 Å². The summed E-state index contributed by atoms with van der Waals surface area (Å²) in [5.74, 6) is -0.344. The molecule has 19 heavy (non-hydrogen) atoms. The first-order valence-corrected chi connectivity index (χ1v) is 6.82. The maximum atomic E-state index is 12.3. The molecule has 6 heteroatoms. The molecular weight excluding hydrogens is 268 g/mol. The number of nitrogens with two attached hydrogens (primary N) is 1. The molecule has 1 saturated carbocycles. The van der Waals surface area contributed by atoms with Crippen molar-refractivity contribution >= 4 is 24.3 Å². The number of ether oxygens (including phenoxy) is 1. The van der Waals surface area contributed by atoms with Crippen molar-refractivity contribution in [1.29, 1.82) is 0 Å². The maximum Gasteiger partial charge on any atom is 0.310 e. The average Bonchev–Trinajstić information content (AvgIpc) is 2.35. The van der Waals surface area contributed by atoms with Gasteiger partial charge in [-0.3, -0.25) is 9.59 Å². The Morgan fingerprint density at radius 1 is 1.37 bits per heavy atom. The van der Waals surface area contributed by atoms with Gasteiger partial charge in [0.2, 0.25) is 5.91 Å². The second-order valence-corrected chi connectivity index (χ2v) is 5.35. The summed E-state index contributed by atoms with van der Waals surface area (Å²) in [6.45, 7) is 3.38. The molecular formula is C13H23ClN2O3. The maximum absolute atomic E-state index is 12.3. The number of nitrogens with zero attached hydrogens (tertiary/aromatic N) is 1. The molecule has 0 spiro atoms. The number of esters is 1. The van der Waals surface area contributed by atoms with Crippen LogP contribution >= 0.6 is 12.4 Å². The predicted molar refractivity (Wildman–Crippen MR) is 74.0 cm³/mol. The molecule has 0 aromatic rings.